The van der Waals surface area contributed by atoms with Gasteiger partial charge in [-0.2, -0.15) is 0 Å². The van der Waals surface area contributed by atoms with Crippen molar-refractivity contribution in [3.05, 3.63) is 132 Å². The molecule has 3 N–H and O–H groups in total. The fourth-order valence-electron chi connectivity index (χ4n) is 6.24. The summed E-state index contributed by atoms with van der Waals surface area (Å²) in [5.41, 5.74) is 6.44. The van der Waals surface area contributed by atoms with Crippen molar-refractivity contribution < 1.29 is 33.8 Å². The first kappa shape index (κ1) is 36.5. The molecule has 4 amide bonds. The maximum Gasteiger partial charge on any atom is 0.262 e. The zero-order valence-corrected chi connectivity index (χ0v) is 28.7. The van der Waals surface area contributed by atoms with Crippen LogP contribution in [0, 0.1) is 0 Å². The average molecular weight is 690 g/mol. The fraction of sp³-hybridized carbons (Fsp3) is 0.268. The van der Waals surface area contributed by atoms with Crippen LogP contribution in [0.1, 0.15) is 70.9 Å². The molecule has 3 aromatic rings. The lowest BCUT2D eigenvalue weighted by Gasteiger charge is -2.27. The predicted octanol–water partition coefficient (Wildman–Crippen LogP) is 6.88. The zero-order valence-electron chi connectivity index (χ0n) is 28.7. The van der Waals surface area contributed by atoms with Crippen molar-refractivity contribution >= 4 is 40.5 Å². The molecule has 0 aliphatic carbocycles. The van der Waals surface area contributed by atoms with Gasteiger partial charge >= 0.3 is 0 Å². The van der Waals surface area contributed by atoms with Gasteiger partial charge < -0.3 is 19.9 Å². The number of hydrogen-bond donors (Lipinski definition) is 3. The number of rotatable bonds is 17. The van der Waals surface area contributed by atoms with Crippen molar-refractivity contribution in [1.29, 1.82) is 0 Å². The van der Waals surface area contributed by atoms with Gasteiger partial charge in [-0.3, -0.25) is 29.4 Å². The molecule has 1 atom stereocenters. The smallest absolute Gasteiger partial charge is 0.262 e. The number of piperidine rings is 1. The number of fused-ring (bicyclic) bond motifs is 1. The number of aliphatic hydroxyl groups excluding tert-OH is 1. The minimum atomic E-state index is -0.987. The minimum absolute atomic E-state index is 0.0790. The Morgan fingerprint density at radius 1 is 0.941 bits per heavy atom. The van der Waals surface area contributed by atoms with Crippen molar-refractivity contribution in [1.82, 2.24) is 10.2 Å². The van der Waals surface area contributed by atoms with Gasteiger partial charge in [0.2, 0.25) is 11.8 Å². The van der Waals surface area contributed by atoms with E-state index >= 15 is 0 Å². The van der Waals surface area contributed by atoms with Crippen LogP contribution in [0.15, 0.2) is 109 Å². The SMILES string of the molecule is C=CC(=C\C=C\O)/C(=C(\CC)c1ccccc1)c1ccc(OCCCOCCCNc2ccc3c(c2)C(=O)N(C2CCC(=O)NC2=O)C3=O)cc1. The van der Waals surface area contributed by atoms with Crippen LogP contribution in [-0.2, 0) is 14.3 Å². The van der Waals surface area contributed by atoms with E-state index in [4.69, 9.17) is 9.47 Å². The summed E-state index contributed by atoms with van der Waals surface area (Å²) in [6.07, 6.45) is 8.70. The Balaban J connectivity index is 1.05. The van der Waals surface area contributed by atoms with E-state index < -0.39 is 29.7 Å². The van der Waals surface area contributed by atoms with Gasteiger partial charge in [0, 0.05) is 38.3 Å². The molecule has 3 aromatic carbocycles. The molecule has 10 heteroatoms. The molecule has 51 heavy (non-hydrogen) atoms. The second kappa shape index (κ2) is 17.8. The molecule has 0 radical (unpaired) electrons. The number of nitrogens with zero attached hydrogens (tertiary/aromatic N) is 1. The van der Waals surface area contributed by atoms with E-state index in [0.29, 0.717) is 32.1 Å². The van der Waals surface area contributed by atoms with Gasteiger partial charge in [0.25, 0.3) is 11.8 Å². The molecule has 264 valence electrons. The van der Waals surface area contributed by atoms with Crippen molar-refractivity contribution in [2.24, 2.45) is 0 Å². The summed E-state index contributed by atoms with van der Waals surface area (Å²) in [6.45, 7) is 8.32. The van der Waals surface area contributed by atoms with Gasteiger partial charge in [0.05, 0.1) is 24.0 Å². The molecule has 5 rings (SSSR count). The van der Waals surface area contributed by atoms with Crippen LogP contribution >= 0.6 is 0 Å². The highest BCUT2D eigenvalue weighted by molar-refractivity contribution is 6.23. The number of carbonyl (C=O) groups excluding carboxylic acids is 4. The highest BCUT2D eigenvalue weighted by atomic mass is 16.5. The highest BCUT2D eigenvalue weighted by Gasteiger charge is 2.44. The van der Waals surface area contributed by atoms with Gasteiger partial charge in [-0.05, 0) is 83.5 Å². The van der Waals surface area contributed by atoms with Crippen LogP contribution in [0.2, 0.25) is 0 Å². The second-order valence-electron chi connectivity index (χ2n) is 12.1. The van der Waals surface area contributed by atoms with Crippen LogP contribution in [0.5, 0.6) is 5.75 Å². The third kappa shape index (κ3) is 8.90. The molecule has 2 aliphatic rings. The third-order valence-electron chi connectivity index (χ3n) is 8.73. The number of ether oxygens (including phenoxy) is 2. The van der Waals surface area contributed by atoms with Crippen molar-refractivity contribution in [2.75, 3.05) is 31.7 Å². The molecule has 1 fully saturated rings. The van der Waals surface area contributed by atoms with E-state index in [1.54, 1.807) is 30.4 Å². The van der Waals surface area contributed by atoms with Crippen LogP contribution in [0.25, 0.3) is 11.1 Å². The number of amides is 4. The molecule has 0 aromatic heterocycles. The lowest BCUT2D eigenvalue weighted by atomic mass is 9.87. The number of allylic oxidation sites excluding steroid dienone is 6. The monoisotopic (exact) mass is 689 g/mol. The Kier molecular flexibility index (Phi) is 12.7. The van der Waals surface area contributed by atoms with E-state index in [2.05, 4.69) is 36.3 Å². The summed E-state index contributed by atoms with van der Waals surface area (Å²) >= 11 is 0. The molecule has 0 spiro atoms. The van der Waals surface area contributed by atoms with Gasteiger partial charge in [-0.1, -0.05) is 68.1 Å². The topological polar surface area (TPSA) is 134 Å². The van der Waals surface area contributed by atoms with Gasteiger partial charge in [0.1, 0.15) is 11.8 Å². The second-order valence-corrected chi connectivity index (χ2v) is 12.1. The van der Waals surface area contributed by atoms with Gasteiger partial charge in [0.15, 0.2) is 0 Å². The number of hydrogen-bond acceptors (Lipinski definition) is 8. The number of anilines is 1. The van der Waals surface area contributed by atoms with Gasteiger partial charge in [-0.25, -0.2) is 0 Å². The van der Waals surface area contributed by atoms with Crippen LogP contribution in [-0.4, -0.2) is 66.0 Å². The lowest BCUT2D eigenvalue weighted by molar-refractivity contribution is -0.136. The number of imide groups is 2. The summed E-state index contributed by atoms with van der Waals surface area (Å²) < 4.78 is 11.8. The Hall–Kier alpha value is -5.74. The highest BCUT2D eigenvalue weighted by Crippen LogP contribution is 2.36. The van der Waals surface area contributed by atoms with E-state index in [0.717, 1.165) is 58.4 Å². The van der Waals surface area contributed by atoms with E-state index in [-0.39, 0.29) is 24.0 Å². The molecular weight excluding hydrogens is 646 g/mol. The normalized spacial score (nSPS) is 16.6. The largest absolute Gasteiger partial charge is 0.516 e. The van der Waals surface area contributed by atoms with E-state index in [1.165, 1.54) is 5.57 Å². The van der Waals surface area contributed by atoms with Gasteiger partial charge in [-0.15, -0.1) is 0 Å². The summed E-state index contributed by atoms with van der Waals surface area (Å²) in [5.74, 6) is -1.33. The summed E-state index contributed by atoms with van der Waals surface area (Å²) in [6, 6.07) is 22.2. The average Bonchev–Trinajstić information content (AvgIpc) is 3.39. The molecule has 1 saturated heterocycles. The summed E-state index contributed by atoms with van der Waals surface area (Å²) in [4.78, 5) is 50.7. The number of benzene rings is 3. The molecule has 1 unspecified atom stereocenters. The van der Waals surface area contributed by atoms with Crippen molar-refractivity contribution in [3.8, 4) is 5.75 Å². The molecule has 0 saturated carbocycles. The molecule has 0 bridgehead atoms. The standard InChI is InChI=1S/C41H43N3O7/c1-3-28(13-8-23-45)38(33(4-2)29-11-6-5-7-12-29)30-14-17-32(18-15-30)51-26-10-25-50-24-9-22-42-31-16-19-34-35(27-31)41(49)44(40(34)48)36-20-21-37(46)43-39(36)47/h3,5-8,11-19,23,27,36,42,45H,1,4,9-10,20-22,24-26H2,2H3,(H,43,46,47)/b23-8+,28-13+,38-33-. The zero-order chi connectivity index (χ0) is 36.2. The van der Waals surface area contributed by atoms with Crippen molar-refractivity contribution in [3.63, 3.8) is 0 Å². The van der Waals surface area contributed by atoms with Crippen LogP contribution in [0.3, 0.4) is 0 Å². The Morgan fingerprint density at radius 3 is 2.39 bits per heavy atom. The molecular formula is C41H43N3O7. The maximum absolute atomic E-state index is 13.0. The summed E-state index contributed by atoms with van der Waals surface area (Å²) in [5, 5.41) is 14.7. The van der Waals surface area contributed by atoms with Crippen molar-refractivity contribution in [2.45, 2.75) is 45.1 Å². The Bertz CT molecular complexity index is 1840. The minimum Gasteiger partial charge on any atom is -0.516 e. The van der Waals surface area contributed by atoms with E-state index in [9.17, 15) is 24.3 Å². The Morgan fingerprint density at radius 2 is 1.69 bits per heavy atom. The van der Waals surface area contributed by atoms with E-state index in [1.807, 2.05) is 48.5 Å². The first-order valence-electron chi connectivity index (χ1n) is 17.2. The lowest BCUT2D eigenvalue weighted by Crippen LogP contribution is -2.54. The first-order chi connectivity index (χ1) is 24.9. The number of aliphatic hydroxyl groups is 1. The molecule has 10 nitrogen and oxygen atoms in total. The number of carbonyl (C=O) groups is 4. The predicted molar refractivity (Wildman–Crippen MR) is 197 cm³/mol. The maximum atomic E-state index is 13.0. The van der Waals surface area contributed by atoms with Crippen LogP contribution in [0.4, 0.5) is 5.69 Å². The first-order valence-corrected chi connectivity index (χ1v) is 17.2. The molecule has 2 aliphatic heterocycles. The molecule has 2 heterocycles. The summed E-state index contributed by atoms with van der Waals surface area (Å²) in [7, 11) is 0. The number of nitrogens with one attached hydrogen (secondary N) is 2. The Labute approximate surface area is 298 Å². The fourth-order valence-corrected chi connectivity index (χ4v) is 6.24. The van der Waals surface area contributed by atoms with Crippen LogP contribution < -0.4 is 15.4 Å². The quantitative estimate of drug-likeness (QED) is 0.0459. The third-order valence-corrected chi connectivity index (χ3v) is 8.73.